The quantitative estimate of drug-likeness (QED) is 0.127. The van der Waals surface area contributed by atoms with Crippen LogP contribution in [0.25, 0.3) is 211 Å². The van der Waals surface area contributed by atoms with Gasteiger partial charge in [0, 0.05) is 105 Å². The average Bonchev–Trinajstić information content (AvgIpc) is 1.61. The van der Waals surface area contributed by atoms with E-state index < -0.39 is 0 Å². The lowest BCUT2D eigenvalue weighted by Crippen LogP contribution is -2.15. The Balaban J connectivity index is 0.000000138. The number of nitrogens with zero attached hydrogens (tertiary/aromatic N) is 10. The van der Waals surface area contributed by atoms with Crippen molar-refractivity contribution in [1.82, 2.24) is 48.2 Å². The fourth-order valence-electron chi connectivity index (χ4n) is 18.4. The number of para-hydroxylation sites is 6. The molecule has 23 aromatic rings. The monoisotopic (exact) mass is 1490 g/mol. The van der Waals surface area contributed by atoms with E-state index in [-0.39, 0.29) is 5.41 Å². The van der Waals surface area contributed by atoms with Crippen LogP contribution in [0.4, 0.5) is 0 Å². The molecule has 0 N–H and O–H groups in total. The number of aromatic nitrogens is 10. The molecule has 10 nitrogen and oxygen atoms in total. The van der Waals surface area contributed by atoms with Crippen LogP contribution in [0.2, 0.25) is 0 Å². The standard InChI is InChI=1S/C54H37N5.C53H33N5/c1-54(2)45-20-10-6-16-39(45)40-30-26-36(32-46(40)54)53-56-51(34-14-4-3-5-15-34)55-52(57-53)35-24-27-37(28-25-35)58-49-23-13-9-19-43(49)44-33-38(29-31-50(44)58)59-47-21-11-7-17-41(47)42-18-8-12-22-48(42)59;1-2-13-35(14-3-1)51-54-52(56-53(55-51)38-26-30-42-37(32-38)23-22-34-12-4-5-15-41(34)42)36-24-27-39(28-25-36)57-49-21-11-8-18-45(49)46-33-40(29-31-50(46)57)58-47-19-9-6-16-43(47)44-17-7-10-20-48(44)58/h3-33H,1-2H3;1-33H. The van der Waals surface area contributed by atoms with Gasteiger partial charge in [-0.15, -0.1) is 0 Å². The van der Waals surface area contributed by atoms with Crippen molar-refractivity contribution in [2.75, 3.05) is 0 Å². The van der Waals surface area contributed by atoms with Gasteiger partial charge >= 0.3 is 0 Å². The van der Waals surface area contributed by atoms with Gasteiger partial charge in [-0.1, -0.05) is 269 Å². The van der Waals surface area contributed by atoms with Crippen LogP contribution in [0.3, 0.4) is 0 Å². The highest BCUT2D eigenvalue weighted by atomic mass is 15.1. The summed E-state index contributed by atoms with van der Waals surface area (Å²) in [6.45, 7) is 4.61. The molecule has 17 aromatic carbocycles. The number of benzene rings is 17. The topological polar surface area (TPSA) is 97.1 Å². The van der Waals surface area contributed by atoms with E-state index in [1.807, 2.05) is 48.5 Å². The molecule has 6 heterocycles. The second kappa shape index (κ2) is 26.8. The summed E-state index contributed by atoms with van der Waals surface area (Å²) in [5, 5.41) is 14.7. The van der Waals surface area contributed by atoms with E-state index in [0.29, 0.717) is 34.9 Å². The van der Waals surface area contributed by atoms with Gasteiger partial charge in [0.2, 0.25) is 0 Å². The van der Waals surface area contributed by atoms with Crippen LogP contribution in [0.5, 0.6) is 0 Å². The lowest BCUT2D eigenvalue weighted by atomic mass is 9.82. The minimum atomic E-state index is -0.130. The first-order valence-electron chi connectivity index (χ1n) is 39.8. The Morgan fingerprint density at radius 1 is 0.179 bits per heavy atom. The summed E-state index contributed by atoms with van der Waals surface area (Å²) in [6, 6.07) is 138. The van der Waals surface area contributed by atoms with E-state index in [9.17, 15) is 0 Å². The largest absolute Gasteiger partial charge is 0.309 e. The zero-order valence-corrected chi connectivity index (χ0v) is 63.9. The lowest BCUT2D eigenvalue weighted by Gasteiger charge is -2.21. The van der Waals surface area contributed by atoms with E-state index in [0.717, 1.165) is 83.6 Å². The van der Waals surface area contributed by atoms with E-state index in [4.69, 9.17) is 29.9 Å². The van der Waals surface area contributed by atoms with Crippen LogP contribution in [-0.2, 0) is 5.41 Å². The van der Waals surface area contributed by atoms with Gasteiger partial charge in [-0.25, -0.2) is 29.9 Å². The van der Waals surface area contributed by atoms with Gasteiger partial charge < -0.3 is 18.3 Å². The van der Waals surface area contributed by atoms with Crippen molar-refractivity contribution in [2.45, 2.75) is 19.3 Å². The molecule has 24 rings (SSSR count). The van der Waals surface area contributed by atoms with Gasteiger partial charge in [0.1, 0.15) is 0 Å². The molecular formula is C107H70N10. The summed E-state index contributed by atoms with van der Waals surface area (Å²) in [4.78, 5) is 30.5. The third-order valence-electron chi connectivity index (χ3n) is 23.9. The predicted octanol–water partition coefficient (Wildman–Crippen LogP) is 26.7. The number of hydrogen-bond acceptors (Lipinski definition) is 6. The third-order valence-corrected chi connectivity index (χ3v) is 23.9. The fraction of sp³-hybridized carbons (Fsp3) is 0.0280. The zero-order valence-electron chi connectivity index (χ0n) is 63.9. The lowest BCUT2D eigenvalue weighted by molar-refractivity contribution is 0.660. The molecule has 6 aromatic heterocycles. The smallest absolute Gasteiger partial charge is 0.164 e. The Kier molecular flexibility index (Phi) is 15.4. The maximum atomic E-state index is 5.16. The summed E-state index contributed by atoms with van der Waals surface area (Å²) in [5.41, 5.74) is 24.6. The van der Waals surface area contributed by atoms with E-state index in [1.54, 1.807) is 0 Å². The maximum absolute atomic E-state index is 5.16. The molecule has 10 heteroatoms. The van der Waals surface area contributed by atoms with Gasteiger partial charge in [0.25, 0.3) is 0 Å². The first-order valence-corrected chi connectivity index (χ1v) is 39.8. The minimum absolute atomic E-state index is 0.130. The van der Waals surface area contributed by atoms with Crippen LogP contribution in [0.15, 0.2) is 388 Å². The van der Waals surface area contributed by atoms with Crippen LogP contribution < -0.4 is 0 Å². The van der Waals surface area contributed by atoms with Crippen molar-refractivity contribution in [3.63, 3.8) is 0 Å². The number of hydrogen-bond donors (Lipinski definition) is 0. The Morgan fingerprint density at radius 3 is 0.915 bits per heavy atom. The van der Waals surface area contributed by atoms with Crippen molar-refractivity contribution < 1.29 is 0 Å². The Morgan fingerprint density at radius 2 is 0.470 bits per heavy atom. The summed E-state index contributed by atoms with van der Waals surface area (Å²) in [7, 11) is 0. The summed E-state index contributed by atoms with van der Waals surface area (Å²) < 4.78 is 9.50. The van der Waals surface area contributed by atoms with E-state index in [1.165, 1.54) is 104 Å². The second-order valence-electron chi connectivity index (χ2n) is 30.9. The molecule has 1 aliphatic carbocycles. The van der Waals surface area contributed by atoms with Gasteiger partial charge in [0.15, 0.2) is 34.9 Å². The van der Waals surface area contributed by atoms with Gasteiger partial charge in [-0.2, -0.15) is 0 Å². The molecule has 1 aliphatic rings. The molecule has 0 amide bonds. The van der Waals surface area contributed by atoms with Crippen LogP contribution in [0.1, 0.15) is 25.0 Å². The Bertz CT molecular complexity index is 7860. The predicted molar refractivity (Wildman–Crippen MR) is 482 cm³/mol. The molecule has 0 bridgehead atoms. The Hall–Kier alpha value is -15.5. The average molecular weight is 1500 g/mol. The molecule has 0 saturated heterocycles. The maximum Gasteiger partial charge on any atom is 0.164 e. The molecular weight excluding hydrogens is 1430 g/mol. The molecule has 117 heavy (non-hydrogen) atoms. The fourth-order valence-corrected chi connectivity index (χ4v) is 18.4. The molecule has 0 saturated carbocycles. The van der Waals surface area contributed by atoms with Crippen LogP contribution in [-0.4, -0.2) is 48.2 Å². The SMILES string of the molecule is CC1(C)c2ccccc2-c2ccc(-c3nc(-c4ccccc4)nc(-c4ccc(-n5c6ccccc6c6cc(-n7c8ccccc8c8ccccc87)ccc65)cc4)n3)cc21.c1ccc(-c2nc(-c3ccc(-n4c5ccccc5c5cc(-n6c7ccccc7c7ccccc76)ccc54)cc3)nc(-c3ccc4c(ccc5ccccc54)c3)n2)cc1. The summed E-state index contributed by atoms with van der Waals surface area (Å²) >= 11 is 0. The molecule has 0 fully saturated rings. The van der Waals surface area contributed by atoms with Crippen molar-refractivity contribution in [1.29, 1.82) is 0 Å². The second-order valence-corrected chi connectivity index (χ2v) is 30.9. The third kappa shape index (κ3) is 11.0. The highest BCUT2D eigenvalue weighted by Crippen LogP contribution is 2.50. The summed E-state index contributed by atoms with van der Waals surface area (Å²) in [5.74, 6) is 3.87. The molecule has 0 atom stereocenters. The first-order chi connectivity index (χ1) is 57.8. The van der Waals surface area contributed by atoms with E-state index in [2.05, 4.69) is 372 Å². The van der Waals surface area contributed by atoms with Crippen molar-refractivity contribution in [2.24, 2.45) is 0 Å². The highest BCUT2D eigenvalue weighted by molar-refractivity contribution is 6.15. The van der Waals surface area contributed by atoms with Gasteiger partial charge in [-0.05, 0) is 177 Å². The minimum Gasteiger partial charge on any atom is -0.309 e. The molecule has 548 valence electrons. The first kappa shape index (κ1) is 67.2. The molecule has 0 spiro atoms. The summed E-state index contributed by atoms with van der Waals surface area (Å²) in [6.07, 6.45) is 0. The number of rotatable bonds is 10. The molecule has 0 aliphatic heterocycles. The molecule has 0 unspecified atom stereocenters. The number of fused-ring (bicyclic) bond motifs is 18. The van der Waals surface area contributed by atoms with Crippen molar-refractivity contribution in [3.05, 3.63) is 399 Å². The zero-order chi connectivity index (χ0) is 77.4. The Labute approximate surface area is 673 Å². The van der Waals surface area contributed by atoms with E-state index >= 15 is 0 Å². The normalized spacial score (nSPS) is 12.4. The van der Waals surface area contributed by atoms with Crippen molar-refractivity contribution in [3.8, 4) is 102 Å². The highest BCUT2D eigenvalue weighted by Gasteiger charge is 2.36. The van der Waals surface area contributed by atoms with Gasteiger partial charge in [0.05, 0.1) is 44.1 Å². The van der Waals surface area contributed by atoms with Crippen molar-refractivity contribution >= 4 is 109 Å². The van der Waals surface area contributed by atoms with Crippen LogP contribution >= 0.6 is 0 Å². The molecule has 0 radical (unpaired) electrons. The van der Waals surface area contributed by atoms with Gasteiger partial charge in [-0.3, -0.25) is 0 Å². The van der Waals surface area contributed by atoms with Crippen LogP contribution in [0, 0.1) is 0 Å².